The maximum absolute atomic E-state index is 11.7. The number of ether oxygens (including phenoxy) is 1. The Morgan fingerprint density at radius 1 is 1.47 bits per heavy atom. The predicted molar refractivity (Wildman–Crippen MR) is 63.7 cm³/mol. The molecule has 4 nitrogen and oxygen atoms in total. The highest BCUT2D eigenvalue weighted by Gasteiger charge is 2.19. The van der Waals surface area contributed by atoms with Gasteiger partial charge in [0.25, 0.3) is 5.91 Å². The molecule has 0 atom stereocenters. The van der Waals surface area contributed by atoms with Crippen LogP contribution in [0.3, 0.4) is 0 Å². The molecule has 1 saturated heterocycles. The summed E-state index contributed by atoms with van der Waals surface area (Å²) in [6, 6.07) is 5.95. The fourth-order valence-corrected chi connectivity index (χ4v) is 1.72. The lowest BCUT2D eigenvalue weighted by atomic mass is 10.1. The number of amides is 1. The zero-order valence-corrected chi connectivity index (χ0v) is 10.2. The lowest BCUT2D eigenvalue weighted by Crippen LogP contribution is -2.31. The molecule has 1 heterocycles. The van der Waals surface area contributed by atoms with Crippen LogP contribution in [0.5, 0.6) is 5.75 Å². The van der Waals surface area contributed by atoms with Crippen LogP contribution in [0.4, 0.5) is 0 Å². The Hall–Kier alpha value is -1.55. The minimum absolute atomic E-state index is 0.0320. The van der Waals surface area contributed by atoms with Gasteiger partial charge in [0.2, 0.25) is 0 Å². The van der Waals surface area contributed by atoms with E-state index in [9.17, 15) is 4.79 Å². The molecule has 0 radical (unpaired) electrons. The second-order valence-corrected chi connectivity index (χ2v) is 4.24. The first-order valence-electron chi connectivity index (χ1n) is 5.80. The Bertz CT molecular complexity index is 411. The molecule has 17 heavy (non-hydrogen) atoms. The number of benzene rings is 1. The van der Waals surface area contributed by atoms with Crippen molar-refractivity contribution in [1.82, 2.24) is 5.06 Å². The molecule has 1 fully saturated rings. The van der Waals surface area contributed by atoms with E-state index in [0.717, 1.165) is 23.3 Å². The van der Waals surface area contributed by atoms with Gasteiger partial charge in [-0.3, -0.25) is 9.63 Å². The van der Waals surface area contributed by atoms with E-state index in [4.69, 9.17) is 9.57 Å². The monoisotopic (exact) mass is 235 g/mol. The first kappa shape index (κ1) is 11.9. The molecule has 2 rings (SSSR count). The van der Waals surface area contributed by atoms with E-state index >= 15 is 0 Å². The number of aryl methyl sites for hydroxylation is 2. The zero-order valence-electron chi connectivity index (χ0n) is 10.2. The predicted octanol–water partition coefficient (Wildman–Crippen LogP) is 1.85. The molecule has 1 aliphatic heterocycles. The molecule has 1 amide bonds. The number of nitrogens with zero attached hydrogens (tertiary/aromatic N) is 1. The van der Waals surface area contributed by atoms with Crippen LogP contribution < -0.4 is 4.74 Å². The van der Waals surface area contributed by atoms with Crippen LogP contribution in [0.15, 0.2) is 18.2 Å². The molecule has 0 saturated carbocycles. The van der Waals surface area contributed by atoms with E-state index in [1.54, 1.807) is 0 Å². The van der Waals surface area contributed by atoms with E-state index in [2.05, 4.69) is 0 Å². The van der Waals surface area contributed by atoms with Gasteiger partial charge in [-0.05, 0) is 37.5 Å². The van der Waals surface area contributed by atoms with Crippen LogP contribution in [0.1, 0.15) is 17.5 Å². The SMILES string of the molecule is Cc1ccc(C)c(OCC(=O)N2CCCO2)c1. The minimum atomic E-state index is -0.122. The fourth-order valence-electron chi connectivity index (χ4n) is 1.72. The molecule has 0 aromatic heterocycles. The Labute approximate surface area is 101 Å². The Kier molecular flexibility index (Phi) is 3.64. The average Bonchev–Trinajstić information content (AvgIpc) is 2.83. The summed E-state index contributed by atoms with van der Waals surface area (Å²) in [5.74, 6) is 0.640. The van der Waals surface area contributed by atoms with Gasteiger partial charge in [0.1, 0.15) is 5.75 Å². The number of carbonyl (C=O) groups is 1. The summed E-state index contributed by atoms with van der Waals surface area (Å²) >= 11 is 0. The van der Waals surface area contributed by atoms with Crippen molar-refractivity contribution in [3.05, 3.63) is 29.3 Å². The molecule has 1 aromatic rings. The van der Waals surface area contributed by atoms with Crippen molar-refractivity contribution >= 4 is 5.91 Å². The van der Waals surface area contributed by atoms with E-state index in [0.29, 0.717) is 13.2 Å². The second kappa shape index (κ2) is 5.19. The van der Waals surface area contributed by atoms with Gasteiger partial charge in [-0.1, -0.05) is 12.1 Å². The summed E-state index contributed by atoms with van der Waals surface area (Å²) in [6.07, 6.45) is 0.898. The van der Waals surface area contributed by atoms with Gasteiger partial charge in [0, 0.05) is 0 Å². The van der Waals surface area contributed by atoms with Crippen LogP contribution in [-0.2, 0) is 9.63 Å². The van der Waals surface area contributed by atoms with Gasteiger partial charge in [-0.15, -0.1) is 0 Å². The van der Waals surface area contributed by atoms with Gasteiger partial charge in [0.05, 0.1) is 13.2 Å². The third-order valence-corrected chi connectivity index (χ3v) is 2.73. The Balaban J connectivity index is 1.92. The molecule has 1 aliphatic rings. The zero-order chi connectivity index (χ0) is 12.3. The molecule has 0 N–H and O–H groups in total. The summed E-state index contributed by atoms with van der Waals surface area (Å²) in [5.41, 5.74) is 2.15. The maximum atomic E-state index is 11.7. The molecule has 4 heteroatoms. The lowest BCUT2D eigenvalue weighted by molar-refractivity contribution is -0.170. The average molecular weight is 235 g/mol. The standard InChI is InChI=1S/C13H17NO3/c1-10-4-5-11(2)12(8-10)16-9-13(15)14-6-3-7-17-14/h4-5,8H,3,6-7,9H2,1-2H3. The van der Waals surface area contributed by atoms with Crippen molar-refractivity contribution in [1.29, 1.82) is 0 Å². The third-order valence-electron chi connectivity index (χ3n) is 2.73. The van der Waals surface area contributed by atoms with Gasteiger partial charge >= 0.3 is 0 Å². The van der Waals surface area contributed by atoms with Crippen molar-refractivity contribution in [3.8, 4) is 5.75 Å². The quantitative estimate of drug-likeness (QED) is 0.802. The fraction of sp³-hybridized carbons (Fsp3) is 0.462. The van der Waals surface area contributed by atoms with Crippen molar-refractivity contribution in [2.45, 2.75) is 20.3 Å². The molecular weight excluding hydrogens is 218 g/mol. The number of hydroxylamine groups is 2. The van der Waals surface area contributed by atoms with Crippen LogP contribution in [0.25, 0.3) is 0 Å². The first-order chi connectivity index (χ1) is 8.16. The summed E-state index contributed by atoms with van der Waals surface area (Å²) in [5, 5.41) is 1.38. The molecular formula is C13H17NO3. The van der Waals surface area contributed by atoms with E-state index in [-0.39, 0.29) is 12.5 Å². The topological polar surface area (TPSA) is 38.8 Å². The number of rotatable bonds is 3. The van der Waals surface area contributed by atoms with Gasteiger partial charge in [0.15, 0.2) is 6.61 Å². The lowest BCUT2D eigenvalue weighted by Gasteiger charge is -2.15. The molecule has 0 spiro atoms. The highest BCUT2D eigenvalue weighted by atomic mass is 16.7. The highest BCUT2D eigenvalue weighted by molar-refractivity contribution is 5.76. The van der Waals surface area contributed by atoms with Crippen molar-refractivity contribution < 1.29 is 14.4 Å². The molecule has 0 bridgehead atoms. The third kappa shape index (κ3) is 2.97. The van der Waals surface area contributed by atoms with Crippen molar-refractivity contribution in [2.24, 2.45) is 0 Å². The van der Waals surface area contributed by atoms with Crippen LogP contribution in [-0.4, -0.2) is 30.7 Å². The molecule has 92 valence electrons. The number of hydrogen-bond donors (Lipinski definition) is 0. The van der Waals surface area contributed by atoms with E-state index in [1.165, 1.54) is 5.06 Å². The highest BCUT2D eigenvalue weighted by Crippen LogP contribution is 2.19. The van der Waals surface area contributed by atoms with Crippen LogP contribution in [0.2, 0.25) is 0 Å². The molecule has 1 aromatic carbocycles. The van der Waals surface area contributed by atoms with Gasteiger partial charge < -0.3 is 4.74 Å². The van der Waals surface area contributed by atoms with Crippen LogP contribution >= 0.6 is 0 Å². The number of hydrogen-bond acceptors (Lipinski definition) is 3. The Morgan fingerprint density at radius 2 is 2.29 bits per heavy atom. The van der Waals surface area contributed by atoms with E-state index in [1.807, 2.05) is 32.0 Å². The van der Waals surface area contributed by atoms with Crippen LogP contribution in [0, 0.1) is 13.8 Å². The smallest absolute Gasteiger partial charge is 0.283 e. The van der Waals surface area contributed by atoms with Gasteiger partial charge in [-0.25, -0.2) is 5.06 Å². The van der Waals surface area contributed by atoms with Crippen molar-refractivity contribution in [2.75, 3.05) is 19.8 Å². The summed E-state index contributed by atoms with van der Waals surface area (Å²) < 4.78 is 5.52. The minimum Gasteiger partial charge on any atom is -0.483 e. The van der Waals surface area contributed by atoms with E-state index < -0.39 is 0 Å². The first-order valence-corrected chi connectivity index (χ1v) is 5.80. The Morgan fingerprint density at radius 3 is 3.00 bits per heavy atom. The summed E-state index contributed by atoms with van der Waals surface area (Å²) in [7, 11) is 0. The van der Waals surface area contributed by atoms with Gasteiger partial charge in [-0.2, -0.15) is 0 Å². The summed E-state index contributed by atoms with van der Waals surface area (Å²) in [6.45, 7) is 5.28. The maximum Gasteiger partial charge on any atom is 0.283 e. The summed E-state index contributed by atoms with van der Waals surface area (Å²) in [4.78, 5) is 16.9. The van der Waals surface area contributed by atoms with Crippen molar-refractivity contribution in [3.63, 3.8) is 0 Å². The number of carbonyl (C=O) groups excluding carboxylic acids is 1. The largest absolute Gasteiger partial charge is 0.483 e. The molecule has 0 aliphatic carbocycles. The second-order valence-electron chi connectivity index (χ2n) is 4.24. The molecule has 0 unspecified atom stereocenters. The normalized spacial score (nSPS) is 15.1.